The Bertz CT molecular complexity index is 327. The molecule has 0 spiro atoms. The second kappa shape index (κ2) is 12.8. The zero-order valence-electron chi connectivity index (χ0n) is 14.2. The lowest BCUT2D eigenvalue weighted by atomic mass is 10.1. The highest BCUT2D eigenvalue weighted by molar-refractivity contribution is 6.49. The van der Waals surface area contributed by atoms with Gasteiger partial charge in [-0.1, -0.05) is 63.2 Å². The van der Waals surface area contributed by atoms with Crippen molar-refractivity contribution in [1.82, 2.24) is 0 Å². The second-order valence-corrected chi connectivity index (χ2v) is 6.22. The van der Waals surface area contributed by atoms with Crippen LogP contribution in [0.3, 0.4) is 0 Å². The van der Waals surface area contributed by atoms with Gasteiger partial charge in [-0.2, -0.15) is 0 Å². The van der Waals surface area contributed by atoms with Gasteiger partial charge in [0.25, 0.3) is 4.87 Å². The van der Waals surface area contributed by atoms with E-state index in [2.05, 4.69) is 0 Å². The zero-order valence-corrected chi connectivity index (χ0v) is 15.8. The van der Waals surface area contributed by atoms with Gasteiger partial charge in [0.15, 0.2) is 5.56 Å². The van der Waals surface area contributed by atoms with Crippen LogP contribution in [0.1, 0.15) is 59.3 Å². The van der Waals surface area contributed by atoms with Crippen LogP contribution in [0, 0.1) is 0 Å². The number of ether oxygens (including phenoxy) is 3. The van der Waals surface area contributed by atoms with Crippen molar-refractivity contribution in [1.29, 1.82) is 0 Å². The summed E-state index contributed by atoms with van der Waals surface area (Å²) >= 11 is 12.3. The molecule has 1 unspecified atom stereocenters. The quantitative estimate of drug-likeness (QED) is 0.212. The molecule has 0 aromatic rings. The topological polar surface area (TPSA) is 61.8 Å². The molecule has 0 saturated heterocycles. The highest BCUT2D eigenvalue weighted by atomic mass is 35.5. The van der Waals surface area contributed by atoms with Crippen molar-refractivity contribution in [2.45, 2.75) is 69.7 Å². The monoisotopic (exact) mass is 370 g/mol. The molecule has 0 saturated carbocycles. The average Bonchev–Trinajstić information content (AvgIpc) is 2.54. The van der Waals surface area contributed by atoms with Gasteiger partial charge in [-0.25, -0.2) is 9.59 Å². The maximum Gasteiger partial charge on any atom is 0.343 e. The number of esters is 2. The van der Waals surface area contributed by atoms with E-state index < -0.39 is 22.4 Å². The van der Waals surface area contributed by atoms with E-state index in [0.29, 0.717) is 19.4 Å². The van der Waals surface area contributed by atoms with Crippen molar-refractivity contribution in [3.05, 3.63) is 0 Å². The van der Waals surface area contributed by atoms with Crippen LogP contribution in [0.5, 0.6) is 0 Å². The average molecular weight is 371 g/mol. The molecule has 23 heavy (non-hydrogen) atoms. The van der Waals surface area contributed by atoms with Crippen molar-refractivity contribution in [2.75, 3.05) is 19.8 Å². The first-order valence-corrected chi connectivity index (χ1v) is 9.05. The molecule has 0 aromatic heterocycles. The highest BCUT2D eigenvalue weighted by Crippen LogP contribution is 2.30. The summed E-state index contributed by atoms with van der Waals surface area (Å²) in [5.74, 6) is -1.85. The van der Waals surface area contributed by atoms with E-state index in [1.54, 1.807) is 0 Å². The number of alkyl halides is 2. The molecule has 0 aliphatic rings. The highest BCUT2D eigenvalue weighted by Gasteiger charge is 2.54. The van der Waals surface area contributed by atoms with Crippen molar-refractivity contribution in [3.63, 3.8) is 0 Å². The van der Waals surface area contributed by atoms with Gasteiger partial charge in [-0.3, -0.25) is 0 Å². The number of carbonyl (C=O) groups excluding carboxylic acids is 2. The van der Waals surface area contributed by atoms with Crippen molar-refractivity contribution < 1.29 is 23.8 Å². The van der Waals surface area contributed by atoms with Crippen LogP contribution < -0.4 is 0 Å². The molecule has 0 rings (SSSR count). The Labute approximate surface area is 148 Å². The van der Waals surface area contributed by atoms with Gasteiger partial charge in [0.05, 0.1) is 13.2 Å². The van der Waals surface area contributed by atoms with E-state index >= 15 is 0 Å². The minimum Gasteiger partial charge on any atom is -0.464 e. The van der Waals surface area contributed by atoms with Crippen LogP contribution in [0.4, 0.5) is 0 Å². The smallest absolute Gasteiger partial charge is 0.343 e. The van der Waals surface area contributed by atoms with E-state index in [4.69, 9.17) is 37.4 Å². The lowest BCUT2D eigenvalue weighted by Gasteiger charge is -2.27. The summed E-state index contributed by atoms with van der Waals surface area (Å²) in [5.41, 5.74) is -1.35. The second-order valence-electron chi connectivity index (χ2n) is 5.23. The number of hydrogen-bond donors (Lipinski definition) is 0. The van der Waals surface area contributed by atoms with E-state index in [1.807, 2.05) is 20.8 Å². The standard InChI is InChI=1S/C16H28Cl2O5/c1-4-7-10-21-13(17)16(18,14(19)22-11-8-5-2)15(20)23-12-9-6-3/h13H,4-12H2,1-3H3. The van der Waals surface area contributed by atoms with Crippen molar-refractivity contribution >= 4 is 35.1 Å². The van der Waals surface area contributed by atoms with Crippen LogP contribution in [0.2, 0.25) is 0 Å². The summed E-state index contributed by atoms with van der Waals surface area (Å²) in [4.78, 5) is 22.4. The van der Waals surface area contributed by atoms with Crippen molar-refractivity contribution in [2.24, 2.45) is 0 Å². The molecule has 0 aromatic carbocycles. The largest absolute Gasteiger partial charge is 0.464 e. The number of carbonyl (C=O) groups is 2. The molecule has 0 aliphatic carbocycles. The summed E-state index contributed by atoms with van der Waals surface area (Å²) in [6, 6.07) is 0. The molecule has 0 N–H and O–H groups in total. The first kappa shape index (κ1) is 22.5. The lowest BCUT2D eigenvalue weighted by Crippen LogP contribution is -2.52. The Morgan fingerprint density at radius 1 is 0.870 bits per heavy atom. The molecule has 5 nitrogen and oxygen atoms in total. The molecule has 0 radical (unpaired) electrons. The molecule has 0 aliphatic heterocycles. The third kappa shape index (κ3) is 7.73. The van der Waals surface area contributed by atoms with Gasteiger partial charge in [0, 0.05) is 6.61 Å². The van der Waals surface area contributed by atoms with Crippen LogP contribution >= 0.6 is 23.2 Å². The number of rotatable bonds is 13. The minimum atomic E-state index is -2.18. The summed E-state index contributed by atoms with van der Waals surface area (Å²) in [7, 11) is 0. The van der Waals surface area contributed by atoms with E-state index in [9.17, 15) is 9.59 Å². The summed E-state index contributed by atoms with van der Waals surface area (Å²) in [5, 5.41) is 0. The molecule has 0 bridgehead atoms. The molecule has 136 valence electrons. The third-order valence-electron chi connectivity index (χ3n) is 3.13. The number of hydrogen-bond acceptors (Lipinski definition) is 5. The maximum absolute atomic E-state index is 12.3. The fourth-order valence-corrected chi connectivity index (χ4v) is 1.98. The molecule has 0 amide bonds. The number of unbranched alkanes of at least 4 members (excludes halogenated alkanes) is 3. The molecular weight excluding hydrogens is 343 g/mol. The maximum atomic E-state index is 12.3. The van der Waals surface area contributed by atoms with Crippen molar-refractivity contribution in [3.8, 4) is 0 Å². The van der Waals surface area contributed by atoms with Crippen LogP contribution in [-0.4, -0.2) is 42.2 Å². The fraction of sp³-hybridized carbons (Fsp3) is 0.875. The normalized spacial score (nSPS) is 12.7. The van der Waals surface area contributed by atoms with Gasteiger partial charge < -0.3 is 14.2 Å². The van der Waals surface area contributed by atoms with Crippen LogP contribution in [-0.2, 0) is 23.8 Å². The van der Waals surface area contributed by atoms with E-state index in [1.165, 1.54) is 0 Å². The molecule has 7 heteroatoms. The third-order valence-corrected chi connectivity index (χ3v) is 4.20. The molecular formula is C16H28Cl2O5. The van der Waals surface area contributed by atoms with Crippen LogP contribution in [0.25, 0.3) is 0 Å². The SMILES string of the molecule is CCCCOC(=O)C(Cl)(C(=O)OCCCC)C(Cl)OCCCC. The van der Waals surface area contributed by atoms with Gasteiger partial charge in [0.2, 0.25) is 0 Å². The lowest BCUT2D eigenvalue weighted by molar-refractivity contribution is -0.163. The summed E-state index contributed by atoms with van der Waals surface area (Å²) in [6.45, 7) is 6.54. The summed E-state index contributed by atoms with van der Waals surface area (Å²) in [6.07, 6.45) is 4.68. The van der Waals surface area contributed by atoms with Gasteiger partial charge in [-0.15, -0.1) is 0 Å². The Morgan fingerprint density at radius 2 is 1.26 bits per heavy atom. The van der Waals surface area contributed by atoms with Gasteiger partial charge >= 0.3 is 11.9 Å². The fourth-order valence-electron chi connectivity index (χ4n) is 1.54. The molecule has 0 heterocycles. The molecule has 1 atom stereocenters. The van der Waals surface area contributed by atoms with E-state index in [-0.39, 0.29) is 13.2 Å². The van der Waals surface area contributed by atoms with Gasteiger partial charge in [-0.05, 0) is 19.3 Å². The Morgan fingerprint density at radius 3 is 1.65 bits per heavy atom. The van der Waals surface area contributed by atoms with Gasteiger partial charge in [0.1, 0.15) is 0 Å². The Kier molecular flexibility index (Phi) is 12.6. The number of halogens is 2. The van der Waals surface area contributed by atoms with Crippen LogP contribution in [0.15, 0.2) is 0 Å². The van der Waals surface area contributed by atoms with E-state index in [0.717, 1.165) is 25.7 Å². The molecule has 0 fully saturated rings. The Balaban J connectivity index is 4.93. The summed E-state index contributed by atoms with van der Waals surface area (Å²) < 4.78 is 15.5. The first-order valence-electron chi connectivity index (χ1n) is 8.24. The zero-order chi connectivity index (χ0) is 17.7. The first-order chi connectivity index (χ1) is 10.9. The predicted molar refractivity (Wildman–Crippen MR) is 90.8 cm³/mol. The predicted octanol–water partition coefficient (Wildman–Crippen LogP) is 4.03. The Hall–Kier alpha value is -0.520. The minimum absolute atomic E-state index is 0.171.